The lowest BCUT2D eigenvalue weighted by Gasteiger charge is -1.99. The Morgan fingerprint density at radius 1 is 1.46 bits per heavy atom. The molecule has 2 heteroatoms. The van der Waals surface area contributed by atoms with E-state index in [9.17, 15) is 0 Å². The Hall–Kier alpha value is -0.970. The summed E-state index contributed by atoms with van der Waals surface area (Å²) in [6.07, 6.45) is 0.713. The molecule has 1 rings (SSSR count). The minimum Gasteiger partial charge on any atom is -0.330 e. The molecule has 0 unspecified atom stereocenters. The second-order valence-corrected chi connectivity index (χ2v) is 3.18. The van der Waals surface area contributed by atoms with Crippen molar-refractivity contribution in [3.8, 4) is 11.8 Å². The van der Waals surface area contributed by atoms with Crippen LogP contribution in [0.1, 0.15) is 17.5 Å². The zero-order chi connectivity index (χ0) is 9.68. The molecule has 0 fully saturated rings. The largest absolute Gasteiger partial charge is 0.330 e. The predicted molar refractivity (Wildman–Crippen MR) is 56.7 cm³/mol. The van der Waals surface area contributed by atoms with Crippen molar-refractivity contribution in [1.29, 1.82) is 0 Å². The lowest BCUT2D eigenvalue weighted by atomic mass is 10.1. The van der Waals surface area contributed by atoms with Gasteiger partial charge in [0.2, 0.25) is 0 Å². The van der Waals surface area contributed by atoms with Gasteiger partial charge in [-0.25, -0.2) is 0 Å². The molecule has 0 amide bonds. The maximum absolute atomic E-state index is 5.97. The van der Waals surface area contributed by atoms with Crippen molar-refractivity contribution < 1.29 is 0 Å². The van der Waals surface area contributed by atoms with Gasteiger partial charge in [-0.1, -0.05) is 35.6 Å². The van der Waals surface area contributed by atoms with Crippen LogP contribution in [0.4, 0.5) is 0 Å². The summed E-state index contributed by atoms with van der Waals surface area (Å²) in [5, 5.41) is 0.713. The van der Waals surface area contributed by atoms with Crippen LogP contribution in [0.15, 0.2) is 18.2 Å². The van der Waals surface area contributed by atoms with Gasteiger partial charge in [-0.05, 0) is 18.6 Å². The molecular weight excluding hydrogens is 182 g/mol. The fourth-order valence-corrected chi connectivity index (χ4v) is 1.28. The molecule has 1 aromatic carbocycles. The molecule has 0 heterocycles. The van der Waals surface area contributed by atoms with Gasteiger partial charge in [0.15, 0.2) is 0 Å². The molecule has 0 saturated carbocycles. The Morgan fingerprint density at radius 2 is 2.23 bits per heavy atom. The van der Waals surface area contributed by atoms with Gasteiger partial charge in [0.25, 0.3) is 0 Å². The van der Waals surface area contributed by atoms with Crippen LogP contribution in [0.25, 0.3) is 0 Å². The molecule has 2 N–H and O–H groups in total. The van der Waals surface area contributed by atoms with Gasteiger partial charge in [0, 0.05) is 18.5 Å². The fourth-order valence-electron chi connectivity index (χ4n) is 1.01. The van der Waals surface area contributed by atoms with E-state index in [0.29, 0.717) is 18.0 Å². The molecule has 0 aromatic heterocycles. The summed E-state index contributed by atoms with van der Waals surface area (Å²) in [5.41, 5.74) is 7.36. The van der Waals surface area contributed by atoms with Crippen LogP contribution in [0.2, 0.25) is 5.02 Å². The first-order valence-electron chi connectivity index (χ1n) is 4.19. The van der Waals surface area contributed by atoms with Gasteiger partial charge in [-0.2, -0.15) is 0 Å². The Balaban J connectivity index is 2.95. The van der Waals surface area contributed by atoms with E-state index in [1.165, 1.54) is 0 Å². The number of hydrogen-bond acceptors (Lipinski definition) is 1. The number of nitrogens with two attached hydrogens (primary N) is 1. The molecule has 0 atom stereocenters. The molecular formula is C11H12ClN. The summed E-state index contributed by atoms with van der Waals surface area (Å²) in [7, 11) is 0. The van der Waals surface area contributed by atoms with Gasteiger partial charge >= 0.3 is 0 Å². The predicted octanol–water partition coefficient (Wildman–Crippen LogP) is 2.35. The van der Waals surface area contributed by atoms with Crippen LogP contribution in [0, 0.1) is 18.8 Å². The monoisotopic (exact) mass is 193 g/mol. The normalized spacial score (nSPS) is 9.15. The van der Waals surface area contributed by atoms with Crippen molar-refractivity contribution in [3.05, 3.63) is 34.3 Å². The quantitative estimate of drug-likeness (QED) is 0.681. The van der Waals surface area contributed by atoms with Gasteiger partial charge in [0.05, 0.1) is 5.02 Å². The van der Waals surface area contributed by atoms with Crippen molar-refractivity contribution in [2.24, 2.45) is 5.73 Å². The van der Waals surface area contributed by atoms with Gasteiger partial charge in [-0.3, -0.25) is 0 Å². The van der Waals surface area contributed by atoms with Crippen LogP contribution < -0.4 is 5.73 Å². The zero-order valence-electron chi connectivity index (χ0n) is 7.60. The first kappa shape index (κ1) is 10.1. The molecule has 0 aliphatic carbocycles. The molecule has 0 aliphatic rings. The number of rotatable bonds is 1. The average molecular weight is 194 g/mol. The molecule has 0 aliphatic heterocycles. The number of benzene rings is 1. The summed E-state index contributed by atoms with van der Waals surface area (Å²) < 4.78 is 0. The maximum Gasteiger partial charge on any atom is 0.0565 e. The molecule has 13 heavy (non-hydrogen) atoms. The summed E-state index contributed by atoms with van der Waals surface area (Å²) in [6, 6.07) is 5.77. The molecule has 1 nitrogen and oxygen atoms in total. The molecule has 0 radical (unpaired) electrons. The third kappa shape index (κ3) is 2.77. The van der Waals surface area contributed by atoms with E-state index in [0.717, 1.165) is 11.1 Å². The smallest absolute Gasteiger partial charge is 0.0565 e. The van der Waals surface area contributed by atoms with Crippen LogP contribution in [0.5, 0.6) is 0 Å². The second kappa shape index (κ2) is 4.91. The average Bonchev–Trinajstić information content (AvgIpc) is 2.10. The van der Waals surface area contributed by atoms with Gasteiger partial charge < -0.3 is 5.73 Å². The van der Waals surface area contributed by atoms with Gasteiger partial charge in [-0.15, -0.1) is 0 Å². The van der Waals surface area contributed by atoms with Crippen LogP contribution >= 0.6 is 11.6 Å². The molecule has 0 spiro atoms. The minimum absolute atomic E-state index is 0.594. The second-order valence-electron chi connectivity index (χ2n) is 2.77. The maximum atomic E-state index is 5.97. The van der Waals surface area contributed by atoms with Crippen molar-refractivity contribution in [1.82, 2.24) is 0 Å². The van der Waals surface area contributed by atoms with Crippen LogP contribution in [0.3, 0.4) is 0 Å². The summed E-state index contributed by atoms with van der Waals surface area (Å²) in [6.45, 7) is 2.59. The molecule has 0 bridgehead atoms. The lowest BCUT2D eigenvalue weighted by molar-refractivity contribution is 1.03. The highest BCUT2D eigenvalue weighted by molar-refractivity contribution is 6.31. The third-order valence-corrected chi connectivity index (χ3v) is 2.02. The van der Waals surface area contributed by atoms with Crippen LogP contribution in [-0.4, -0.2) is 6.54 Å². The Kier molecular flexibility index (Phi) is 3.82. The SMILES string of the molecule is Cc1cccc(Cl)c1C#CCCN. The molecule has 1 aromatic rings. The summed E-state index contributed by atoms with van der Waals surface area (Å²) in [5.74, 6) is 5.99. The minimum atomic E-state index is 0.594. The van der Waals surface area contributed by atoms with E-state index >= 15 is 0 Å². The molecule has 0 saturated heterocycles. The fraction of sp³-hybridized carbons (Fsp3) is 0.273. The highest BCUT2D eigenvalue weighted by Crippen LogP contribution is 2.17. The summed E-state index contributed by atoms with van der Waals surface area (Å²) >= 11 is 5.97. The number of hydrogen-bond donors (Lipinski definition) is 1. The van der Waals surface area contributed by atoms with E-state index < -0.39 is 0 Å². The van der Waals surface area contributed by atoms with E-state index in [1.54, 1.807) is 0 Å². The zero-order valence-corrected chi connectivity index (χ0v) is 8.36. The molecule has 68 valence electrons. The first-order chi connectivity index (χ1) is 6.25. The van der Waals surface area contributed by atoms with Crippen molar-refractivity contribution >= 4 is 11.6 Å². The third-order valence-electron chi connectivity index (χ3n) is 1.70. The number of aryl methyl sites for hydroxylation is 1. The first-order valence-corrected chi connectivity index (χ1v) is 4.57. The van der Waals surface area contributed by atoms with Crippen molar-refractivity contribution in [3.63, 3.8) is 0 Å². The van der Waals surface area contributed by atoms with Crippen LogP contribution in [-0.2, 0) is 0 Å². The highest BCUT2D eigenvalue weighted by Gasteiger charge is 1.98. The Bertz CT molecular complexity index is 327. The summed E-state index contributed by atoms with van der Waals surface area (Å²) in [4.78, 5) is 0. The van der Waals surface area contributed by atoms with E-state index in [4.69, 9.17) is 17.3 Å². The topological polar surface area (TPSA) is 26.0 Å². The van der Waals surface area contributed by atoms with E-state index in [2.05, 4.69) is 11.8 Å². The van der Waals surface area contributed by atoms with Crippen molar-refractivity contribution in [2.75, 3.05) is 6.54 Å². The van der Waals surface area contributed by atoms with Crippen molar-refractivity contribution in [2.45, 2.75) is 13.3 Å². The van der Waals surface area contributed by atoms with Gasteiger partial charge in [0.1, 0.15) is 0 Å². The standard InChI is InChI=1S/C11H12ClN/c1-9-5-4-7-11(12)10(9)6-2-3-8-13/h4-5,7H,3,8,13H2,1H3. The van der Waals surface area contributed by atoms with E-state index in [-0.39, 0.29) is 0 Å². The Morgan fingerprint density at radius 3 is 2.85 bits per heavy atom. The number of halogens is 1. The highest BCUT2D eigenvalue weighted by atomic mass is 35.5. The van der Waals surface area contributed by atoms with E-state index in [1.807, 2.05) is 25.1 Å². The Labute approximate surface area is 83.9 Å². The lowest BCUT2D eigenvalue weighted by Crippen LogP contribution is -1.95.